The number of pyridine rings is 3. The van der Waals surface area contributed by atoms with Gasteiger partial charge in [-0.15, -0.1) is 0 Å². The average Bonchev–Trinajstić information content (AvgIpc) is 1.55. The number of carbonyl (C=O) groups excluding carboxylic acids is 1. The third-order valence-electron chi connectivity index (χ3n) is 31.4. The highest BCUT2D eigenvalue weighted by atomic mass is 16.5. The molecule has 558 valence electrons. The molecule has 6 unspecified atom stereocenters. The lowest BCUT2D eigenvalue weighted by Crippen LogP contribution is -2.55. The highest BCUT2D eigenvalue weighted by Crippen LogP contribution is 2.73. The number of ether oxygens (including phenoxy) is 3. The number of benzene rings is 3. The molecule has 6 spiro atoms. The number of rotatable bonds is 9. The molecule has 0 N–H and O–H groups in total. The van der Waals surface area contributed by atoms with E-state index >= 15 is 0 Å². The van der Waals surface area contributed by atoms with Crippen LogP contribution in [-0.2, 0) is 19.0 Å². The largest absolute Gasteiger partial charge is 0.359 e. The molecule has 6 bridgehead atoms. The van der Waals surface area contributed by atoms with Crippen molar-refractivity contribution in [2.24, 2.45) is 34.0 Å². The Morgan fingerprint density at radius 2 is 0.771 bits per heavy atom. The van der Waals surface area contributed by atoms with E-state index in [1.165, 1.54) is 213 Å². The second-order valence-electron chi connectivity index (χ2n) is 36.0. The van der Waals surface area contributed by atoms with Gasteiger partial charge < -0.3 is 24.0 Å². The number of carbonyl (C=O) groups is 1. The van der Waals surface area contributed by atoms with Gasteiger partial charge in [-0.2, -0.15) is 0 Å². The van der Waals surface area contributed by atoms with E-state index < -0.39 is 0 Å². The van der Waals surface area contributed by atoms with Crippen LogP contribution in [0.1, 0.15) is 266 Å². The number of Topliss-reactive ketones (excluding diaryl/α,β-unsaturated/α-hetero) is 1. The Bertz CT molecular complexity index is 4370. The van der Waals surface area contributed by atoms with Crippen LogP contribution in [0.4, 0.5) is 0 Å². The highest BCUT2D eigenvalue weighted by molar-refractivity contribution is 5.85. The van der Waals surface area contributed by atoms with E-state index in [1.54, 1.807) is 11.1 Å². The van der Waals surface area contributed by atoms with Crippen LogP contribution in [0.25, 0.3) is 32.3 Å². The monoisotopic (exact) mass is 1410 g/mol. The van der Waals surface area contributed by atoms with Crippen molar-refractivity contribution in [1.82, 2.24) is 24.8 Å². The van der Waals surface area contributed by atoms with E-state index in [1.807, 2.05) is 37.2 Å². The molecule has 9 heterocycles. The summed E-state index contributed by atoms with van der Waals surface area (Å²) >= 11 is 0. The van der Waals surface area contributed by atoms with Crippen LogP contribution in [0.5, 0.6) is 0 Å². The summed E-state index contributed by atoms with van der Waals surface area (Å²) in [5.41, 5.74) is 13.7. The van der Waals surface area contributed by atoms with E-state index in [2.05, 4.69) is 183 Å². The van der Waals surface area contributed by atoms with Crippen molar-refractivity contribution in [1.29, 1.82) is 0 Å². The topological polar surface area (TPSA) is 89.9 Å². The first-order valence-electron chi connectivity index (χ1n) is 40.3. The Labute approximate surface area is 630 Å². The van der Waals surface area contributed by atoms with Crippen molar-refractivity contribution in [2.75, 3.05) is 27.2 Å². The molecule has 9 aliphatic carbocycles. The molecule has 17 atom stereocenters. The molecule has 21 rings (SSSR count). The summed E-state index contributed by atoms with van der Waals surface area (Å²) in [4.78, 5) is 30.7. The predicted molar refractivity (Wildman–Crippen MR) is 433 cm³/mol. The average molecular weight is 1410 g/mol. The lowest BCUT2D eigenvalue weighted by Gasteiger charge is -2.55. The molecule has 6 saturated carbocycles. The first-order valence-corrected chi connectivity index (χ1v) is 40.3. The van der Waals surface area contributed by atoms with Crippen molar-refractivity contribution in [3.8, 4) is 0 Å². The number of allylic oxidation sites excluding steroid dienone is 3. The maximum absolute atomic E-state index is 12.4. The Kier molecular flexibility index (Phi) is 19.2. The SMILES string of the molecule is C.C.C.C.CCCN(C)[C@@H]1CCC2=CC3=CC[C@]4(C)C(c5ccc6ccncc6c5)CC[C@H]4[C@@]34CCC2(C1)O4.CCCN(C)[C@H]1CCC2=CC3=CC[C@]4(C)C(c5ccc6ccncc6c5)CC[C@H]4[C@@]34CCC2(C1)O4.C[C@]12CC=C3C=C4CCC(=O)CC45CC[C@]3(O5)[C@@H]1CCC2c1ccc2ccncc2c1. The van der Waals surface area contributed by atoms with Gasteiger partial charge in [0.15, 0.2) is 0 Å². The van der Waals surface area contributed by atoms with Gasteiger partial charge in [0, 0.05) is 78.3 Å². The number of hydrogen-bond acceptors (Lipinski definition) is 9. The Morgan fingerprint density at radius 1 is 0.419 bits per heavy atom. The predicted octanol–water partition coefficient (Wildman–Crippen LogP) is 23.0. The number of aromatic nitrogens is 3. The fraction of sp³-hybridized carbons (Fsp3) is 0.583. The molecule has 3 saturated heterocycles. The summed E-state index contributed by atoms with van der Waals surface area (Å²) in [6.45, 7) is 14.7. The first-order chi connectivity index (χ1) is 49.0. The zero-order valence-electron chi connectivity index (χ0n) is 61.6. The molecule has 6 aromatic rings. The zero-order chi connectivity index (χ0) is 68.5. The summed E-state index contributed by atoms with van der Waals surface area (Å²) in [6, 6.07) is 28.9. The number of hydrogen-bond donors (Lipinski definition) is 0. The summed E-state index contributed by atoms with van der Waals surface area (Å²) in [6.07, 6.45) is 57.0. The standard InChI is InChI=1S/2C32H40N2O.C28H29NO2.4CH4/c2*1-4-17-34(3)27-8-7-25-19-26-11-13-30(2)28(23-6-5-22-12-16-33-21-24(22)18-23)9-10-29(30)32(26)15-14-31(25,20-27)35-32;1-26-10-8-22-15-21-4-5-23(30)16-27(21)11-12-28(22,31-27)25(26)7-6-24(26)19-3-2-18-9-13-29-17-20(18)14-19;;;;/h2*5-6,11-12,16,18-19,21,27-29H,4,7-10,13-15,17,20H2,1-3H3;2-3,8-9,13-15,17,24-25H,4-7,10-12,16H2,1H3;4*1H4/t27-,28?,29+,30+,31?,32+;27-,28?,29-,30-,31?,32-;24?,25-,26-,27?,28-;;;;/m011..../s1. The van der Waals surface area contributed by atoms with Crippen LogP contribution in [0.2, 0.25) is 0 Å². The van der Waals surface area contributed by atoms with Gasteiger partial charge in [0.25, 0.3) is 0 Å². The van der Waals surface area contributed by atoms with Crippen molar-refractivity contribution in [3.05, 3.63) is 197 Å². The lowest BCUT2D eigenvalue weighted by molar-refractivity contribution is -0.146. The van der Waals surface area contributed by atoms with Gasteiger partial charge in [-0.05, 0) is 336 Å². The van der Waals surface area contributed by atoms with Crippen LogP contribution in [0.15, 0.2) is 180 Å². The summed E-state index contributed by atoms with van der Waals surface area (Å²) in [5, 5.41) is 7.62. The molecule has 9 nitrogen and oxygen atoms in total. The van der Waals surface area contributed by atoms with Gasteiger partial charge in [-0.3, -0.25) is 19.7 Å². The van der Waals surface area contributed by atoms with Crippen molar-refractivity contribution in [3.63, 3.8) is 0 Å². The van der Waals surface area contributed by atoms with E-state index in [4.69, 9.17) is 14.2 Å². The van der Waals surface area contributed by atoms with Gasteiger partial charge in [-0.25, -0.2) is 0 Å². The lowest BCUT2D eigenvalue weighted by atomic mass is 9.58. The van der Waals surface area contributed by atoms with Crippen LogP contribution in [0.3, 0.4) is 0 Å². The Balaban J connectivity index is 0.000000124. The normalized spacial score (nSPS) is 38.5. The molecule has 9 fully saturated rings. The number of ketones is 1. The van der Waals surface area contributed by atoms with Gasteiger partial charge >= 0.3 is 0 Å². The Hall–Kier alpha value is -6.20. The third kappa shape index (κ3) is 11.1. The van der Waals surface area contributed by atoms with Gasteiger partial charge in [-0.1, -0.05) is 137 Å². The number of nitrogens with zero attached hydrogens (tertiary/aromatic N) is 5. The first kappa shape index (κ1) is 74.3. The van der Waals surface area contributed by atoms with E-state index in [0.717, 1.165) is 25.7 Å². The number of fused-ring (bicyclic) bond motifs is 6. The second kappa shape index (κ2) is 27.1. The maximum Gasteiger partial charge on any atom is 0.136 e. The maximum atomic E-state index is 12.4. The van der Waals surface area contributed by atoms with Gasteiger partial charge in [0.1, 0.15) is 5.78 Å². The molecule has 0 amide bonds. The molecule has 15 aliphatic rings. The van der Waals surface area contributed by atoms with E-state index in [9.17, 15) is 4.79 Å². The molecule has 6 aliphatic heterocycles. The van der Waals surface area contributed by atoms with Crippen molar-refractivity contribution < 1.29 is 19.0 Å². The minimum atomic E-state index is -0.294. The minimum Gasteiger partial charge on any atom is -0.359 e. The summed E-state index contributed by atoms with van der Waals surface area (Å²) < 4.78 is 22.1. The fourth-order valence-corrected chi connectivity index (χ4v) is 26.4. The van der Waals surface area contributed by atoms with Crippen LogP contribution in [0, 0.1) is 34.0 Å². The summed E-state index contributed by atoms with van der Waals surface area (Å²) in [7, 11) is 4.66. The summed E-state index contributed by atoms with van der Waals surface area (Å²) in [5.74, 6) is 3.83. The van der Waals surface area contributed by atoms with Gasteiger partial charge in [0.2, 0.25) is 0 Å². The van der Waals surface area contributed by atoms with Crippen molar-refractivity contribution >= 4 is 38.1 Å². The van der Waals surface area contributed by atoms with Crippen LogP contribution < -0.4 is 0 Å². The molecule has 3 aromatic heterocycles. The smallest absolute Gasteiger partial charge is 0.136 e. The molecule has 0 radical (unpaired) electrons. The molecular weight excluding hydrogens is 1290 g/mol. The minimum absolute atomic E-state index is 0. The van der Waals surface area contributed by atoms with Crippen LogP contribution >= 0.6 is 0 Å². The zero-order valence-corrected chi connectivity index (χ0v) is 61.6. The van der Waals surface area contributed by atoms with Crippen molar-refractivity contribution in [2.45, 2.75) is 295 Å². The molecule has 9 heteroatoms. The quantitative estimate of drug-likeness (QED) is 0.140. The van der Waals surface area contributed by atoms with E-state index in [-0.39, 0.29) is 79.6 Å². The molecule has 3 aromatic carbocycles. The Morgan fingerprint density at radius 3 is 1.14 bits per heavy atom. The second-order valence-corrected chi connectivity index (χ2v) is 36.0. The fourth-order valence-electron chi connectivity index (χ4n) is 26.4. The highest BCUT2D eigenvalue weighted by Gasteiger charge is 2.70. The molecule has 105 heavy (non-hydrogen) atoms. The van der Waals surface area contributed by atoms with Crippen LogP contribution in [-0.4, -0.2) is 103 Å². The third-order valence-corrected chi connectivity index (χ3v) is 31.4. The molecular formula is C96H125N5O4. The van der Waals surface area contributed by atoms with E-state index in [0.29, 0.717) is 66.2 Å². The van der Waals surface area contributed by atoms with Gasteiger partial charge in [0.05, 0.1) is 33.6 Å².